The molecule has 0 aromatic heterocycles. The molecule has 0 bridgehead atoms. The number of hydrogen-bond acceptors (Lipinski definition) is 3. The van der Waals surface area contributed by atoms with Gasteiger partial charge in [-0.3, -0.25) is 0 Å². The SMILES string of the molecule is CCSCCOc1ccccc1CC(C)N. The molecule has 0 saturated carbocycles. The fourth-order valence-electron chi connectivity index (χ4n) is 1.52. The Kier molecular flexibility index (Phi) is 6.34. The lowest BCUT2D eigenvalue weighted by Gasteiger charge is -2.12. The molecule has 0 saturated heterocycles. The van der Waals surface area contributed by atoms with Gasteiger partial charge in [0, 0.05) is 11.8 Å². The average Bonchev–Trinajstić information content (AvgIpc) is 2.26. The molecule has 0 aliphatic rings. The van der Waals surface area contributed by atoms with Crippen molar-refractivity contribution in [3.05, 3.63) is 29.8 Å². The highest BCUT2D eigenvalue weighted by molar-refractivity contribution is 7.99. The molecule has 1 aromatic rings. The van der Waals surface area contributed by atoms with Crippen molar-refractivity contribution in [3.8, 4) is 5.75 Å². The minimum absolute atomic E-state index is 0.176. The van der Waals surface area contributed by atoms with Gasteiger partial charge in [0.05, 0.1) is 6.61 Å². The molecule has 3 heteroatoms. The van der Waals surface area contributed by atoms with Crippen molar-refractivity contribution in [3.63, 3.8) is 0 Å². The zero-order valence-corrected chi connectivity index (χ0v) is 10.9. The maximum atomic E-state index is 5.81. The summed E-state index contributed by atoms with van der Waals surface area (Å²) in [6.07, 6.45) is 0.872. The van der Waals surface area contributed by atoms with Gasteiger partial charge in [0.2, 0.25) is 0 Å². The number of rotatable bonds is 7. The highest BCUT2D eigenvalue weighted by Gasteiger charge is 2.04. The minimum atomic E-state index is 0.176. The number of benzene rings is 1. The Labute approximate surface area is 103 Å². The third kappa shape index (κ3) is 4.90. The molecule has 0 spiro atoms. The Balaban J connectivity index is 2.50. The Hall–Kier alpha value is -0.670. The van der Waals surface area contributed by atoms with Gasteiger partial charge >= 0.3 is 0 Å². The molecule has 16 heavy (non-hydrogen) atoms. The largest absolute Gasteiger partial charge is 0.492 e. The van der Waals surface area contributed by atoms with E-state index in [1.165, 1.54) is 5.56 Å². The summed E-state index contributed by atoms with van der Waals surface area (Å²) in [5, 5.41) is 0. The van der Waals surface area contributed by atoms with Gasteiger partial charge in [-0.25, -0.2) is 0 Å². The number of thioether (sulfide) groups is 1. The standard InChI is InChI=1S/C13H21NOS/c1-3-16-9-8-15-13-7-5-4-6-12(13)10-11(2)14/h4-7,11H,3,8-10,14H2,1-2H3. The summed E-state index contributed by atoms with van der Waals surface area (Å²) in [5.41, 5.74) is 7.02. The van der Waals surface area contributed by atoms with E-state index in [0.29, 0.717) is 0 Å². The van der Waals surface area contributed by atoms with Crippen LogP contribution in [0.15, 0.2) is 24.3 Å². The Morgan fingerprint density at radius 2 is 2.12 bits per heavy atom. The molecule has 0 fully saturated rings. The van der Waals surface area contributed by atoms with Gasteiger partial charge in [0.1, 0.15) is 5.75 Å². The van der Waals surface area contributed by atoms with Crippen LogP contribution in [0.3, 0.4) is 0 Å². The second kappa shape index (κ2) is 7.58. The maximum absolute atomic E-state index is 5.81. The van der Waals surface area contributed by atoms with Crippen molar-refractivity contribution in [2.45, 2.75) is 26.3 Å². The van der Waals surface area contributed by atoms with Crippen LogP contribution in [0.25, 0.3) is 0 Å². The van der Waals surface area contributed by atoms with E-state index in [2.05, 4.69) is 13.0 Å². The Morgan fingerprint density at radius 1 is 1.38 bits per heavy atom. The average molecular weight is 239 g/mol. The Bertz CT molecular complexity index is 302. The zero-order chi connectivity index (χ0) is 11.8. The number of para-hydroxylation sites is 1. The van der Waals surface area contributed by atoms with Crippen LogP contribution in [0.2, 0.25) is 0 Å². The first-order valence-corrected chi connectivity index (χ1v) is 6.93. The smallest absolute Gasteiger partial charge is 0.122 e. The predicted octanol–water partition coefficient (Wildman–Crippen LogP) is 2.71. The molecular weight excluding hydrogens is 218 g/mol. The van der Waals surface area contributed by atoms with Crippen LogP contribution in [0.1, 0.15) is 19.4 Å². The summed E-state index contributed by atoms with van der Waals surface area (Å²) in [6, 6.07) is 8.33. The molecule has 1 aromatic carbocycles. The summed E-state index contributed by atoms with van der Waals surface area (Å²) in [4.78, 5) is 0. The monoisotopic (exact) mass is 239 g/mol. The van der Waals surface area contributed by atoms with Crippen molar-refractivity contribution in [2.75, 3.05) is 18.1 Å². The van der Waals surface area contributed by atoms with Crippen molar-refractivity contribution in [1.82, 2.24) is 0 Å². The lowest BCUT2D eigenvalue weighted by atomic mass is 10.1. The number of ether oxygens (including phenoxy) is 1. The van der Waals surface area contributed by atoms with Gasteiger partial charge in [-0.1, -0.05) is 25.1 Å². The highest BCUT2D eigenvalue weighted by atomic mass is 32.2. The van der Waals surface area contributed by atoms with E-state index >= 15 is 0 Å². The molecule has 0 aliphatic carbocycles. The van der Waals surface area contributed by atoms with Crippen molar-refractivity contribution < 1.29 is 4.74 Å². The van der Waals surface area contributed by atoms with E-state index in [1.54, 1.807) is 0 Å². The topological polar surface area (TPSA) is 35.2 Å². The molecule has 0 amide bonds. The van der Waals surface area contributed by atoms with Gasteiger partial charge in [0.15, 0.2) is 0 Å². The van der Waals surface area contributed by atoms with Crippen molar-refractivity contribution in [2.24, 2.45) is 5.73 Å². The first kappa shape index (κ1) is 13.4. The van der Waals surface area contributed by atoms with Crippen LogP contribution in [-0.2, 0) is 6.42 Å². The minimum Gasteiger partial charge on any atom is -0.492 e. The van der Waals surface area contributed by atoms with E-state index in [-0.39, 0.29) is 6.04 Å². The quantitative estimate of drug-likeness (QED) is 0.743. The molecule has 1 atom stereocenters. The third-order valence-electron chi connectivity index (χ3n) is 2.20. The second-order valence-corrected chi connectivity index (χ2v) is 5.23. The van der Waals surface area contributed by atoms with Gasteiger partial charge in [-0.2, -0.15) is 11.8 Å². The highest BCUT2D eigenvalue weighted by Crippen LogP contribution is 2.19. The first-order chi connectivity index (χ1) is 7.74. The van der Waals surface area contributed by atoms with E-state index in [4.69, 9.17) is 10.5 Å². The van der Waals surface area contributed by atoms with Crippen LogP contribution >= 0.6 is 11.8 Å². The molecule has 1 rings (SSSR count). The zero-order valence-electron chi connectivity index (χ0n) is 10.1. The second-order valence-electron chi connectivity index (χ2n) is 3.83. The molecule has 0 heterocycles. The van der Waals surface area contributed by atoms with E-state index in [0.717, 1.165) is 30.3 Å². The van der Waals surface area contributed by atoms with Crippen LogP contribution in [0.5, 0.6) is 5.75 Å². The summed E-state index contributed by atoms with van der Waals surface area (Å²) in [6.45, 7) is 4.95. The molecule has 0 radical (unpaired) electrons. The van der Waals surface area contributed by atoms with E-state index in [9.17, 15) is 0 Å². The predicted molar refractivity (Wildman–Crippen MR) is 72.3 cm³/mol. The van der Waals surface area contributed by atoms with Gasteiger partial charge < -0.3 is 10.5 Å². The summed E-state index contributed by atoms with van der Waals surface area (Å²) >= 11 is 1.90. The van der Waals surface area contributed by atoms with Crippen LogP contribution in [0, 0.1) is 0 Å². The van der Waals surface area contributed by atoms with Crippen LogP contribution < -0.4 is 10.5 Å². The first-order valence-electron chi connectivity index (χ1n) is 5.78. The fraction of sp³-hybridized carbons (Fsp3) is 0.538. The lowest BCUT2D eigenvalue weighted by Crippen LogP contribution is -2.18. The Morgan fingerprint density at radius 3 is 2.81 bits per heavy atom. The molecular formula is C13H21NOS. The van der Waals surface area contributed by atoms with Gasteiger partial charge in [-0.15, -0.1) is 0 Å². The van der Waals surface area contributed by atoms with Crippen LogP contribution in [0.4, 0.5) is 0 Å². The van der Waals surface area contributed by atoms with Crippen LogP contribution in [-0.4, -0.2) is 24.2 Å². The molecule has 1 unspecified atom stereocenters. The molecule has 0 aliphatic heterocycles. The normalized spacial score (nSPS) is 12.4. The summed E-state index contributed by atoms with van der Waals surface area (Å²) in [5.74, 6) is 3.17. The fourth-order valence-corrected chi connectivity index (χ4v) is 2.00. The van der Waals surface area contributed by atoms with Gasteiger partial charge in [0.25, 0.3) is 0 Å². The number of hydrogen-bond donors (Lipinski definition) is 1. The maximum Gasteiger partial charge on any atom is 0.122 e. The molecule has 90 valence electrons. The lowest BCUT2D eigenvalue weighted by molar-refractivity contribution is 0.339. The van der Waals surface area contributed by atoms with E-state index < -0.39 is 0 Å². The molecule has 2 nitrogen and oxygen atoms in total. The molecule has 2 N–H and O–H groups in total. The summed E-state index contributed by atoms with van der Waals surface area (Å²) < 4.78 is 5.76. The van der Waals surface area contributed by atoms with Crippen molar-refractivity contribution >= 4 is 11.8 Å². The van der Waals surface area contributed by atoms with Crippen molar-refractivity contribution in [1.29, 1.82) is 0 Å². The third-order valence-corrected chi connectivity index (χ3v) is 3.07. The van der Waals surface area contributed by atoms with E-state index in [1.807, 2.05) is 36.9 Å². The van der Waals surface area contributed by atoms with Gasteiger partial charge in [-0.05, 0) is 30.7 Å². The number of nitrogens with two attached hydrogens (primary N) is 1. The summed E-state index contributed by atoms with van der Waals surface area (Å²) in [7, 11) is 0.